The first-order chi connectivity index (χ1) is 39.9. The SMILES string of the molecule is CC(C)c1cc(C(C)C)c(-c2cc3ccccc3c3c2OP(=O)([O-])Oc2c(-c4c(C(C)C)cc(C(C)C)cc4C(C)C)cc4ccccc4c2-3)c(C(C)C)c1.FC(F)(F)c1cc(CNCc2cc(C(F)(F)F)cc(C(F)(F)F)c2)cc(C(F)(F)F)c1. The van der Waals surface area contributed by atoms with Gasteiger partial charge in [-0.3, -0.25) is 0 Å². The fourth-order valence-electron chi connectivity index (χ4n) is 11.1. The van der Waals surface area contributed by atoms with Crippen molar-refractivity contribution >= 4 is 29.4 Å². The zero-order valence-corrected chi connectivity index (χ0v) is 50.4. The van der Waals surface area contributed by atoms with Crippen molar-refractivity contribution in [2.24, 2.45) is 0 Å². The molecule has 0 amide bonds. The van der Waals surface area contributed by atoms with Crippen molar-refractivity contribution in [1.29, 1.82) is 0 Å². The highest BCUT2D eigenvalue weighted by atomic mass is 31.2. The van der Waals surface area contributed by atoms with E-state index in [-0.39, 0.29) is 35.8 Å². The fourth-order valence-corrected chi connectivity index (χ4v) is 11.9. The van der Waals surface area contributed by atoms with Crippen molar-refractivity contribution in [3.63, 3.8) is 0 Å². The maximum atomic E-state index is 14.6. The van der Waals surface area contributed by atoms with Gasteiger partial charge in [0.1, 0.15) is 11.5 Å². The highest BCUT2D eigenvalue weighted by Gasteiger charge is 2.40. The van der Waals surface area contributed by atoms with Crippen molar-refractivity contribution < 1.29 is 71.2 Å². The molecule has 1 aliphatic rings. The van der Waals surface area contributed by atoms with E-state index < -0.39 is 79.0 Å². The van der Waals surface area contributed by atoms with Crippen molar-refractivity contribution in [3.05, 3.63) is 188 Å². The van der Waals surface area contributed by atoms with Crippen LogP contribution < -0.4 is 19.3 Å². The molecule has 18 heteroatoms. The highest BCUT2D eigenvalue weighted by molar-refractivity contribution is 7.46. The summed E-state index contributed by atoms with van der Waals surface area (Å²) in [6.07, 6.45) is -20.4. The van der Waals surface area contributed by atoms with E-state index in [1.165, 1.54) is 33.4 Å². The van der Waals surface area contributed by atoms with Crippen LogP contribution in [0.5, 0.6) is 11.5 Å². The van der Waals surface area contributed by atoms with Crippen LogP contribution >= 0.6 is 7.82 Å². The van der Waals surface area contributed by atoms with E-state index in [4.69, 9.17) is 9.05 Å². The summed E-state index contributed by atoms with van der Waals surface area (Å²) in [6, 6.07) is 31.4. The number of alkyl halides is 12. The number of hydrogen-bond acceptors (Lipinski definition) is 5. The van der Waals surface area contributed by atoms with Gasteiger partial charge in [0, 0.05) is 35.3 Å². The molecule has 8 aromatic rings. The first kappa shape index (κ1) is 65.2. The molecule has 9 rings (SSSR count). The zero-order chi connectivity index (χ0) is 63.5. The van der Waals surface area contributed by atoms with E-state index >= 15 is 0 Å². The standard InChI is InChI=1S/C50H57O4P.C18H11F12N/c1-27(2)35-23-39(29(5)6)45(40(24-35)30(7)8)43-21-33-17-13-15-19-37(33)47-48-38-20-16-14-18-34(38)22-44(50(48)54-55(51,52)53-49(43)47)46-41(31(9)10)25-36(28(3)4)26-42(46)32(11)12;19-15(20,21)11-1-9(2-12(5-11)16(22,23)24)7-31-8-10-3-13(17(25,26)27)6-14(4-10)18(28,29)30/h13-32H,1-12H3,(H,51,52);1-6,31H,7-8H2/p-1. The van der Waals surface area contributed by atoms with Crippen LogP contribution in [0.15, 0.2) is 121 Å². The summed E-state index contributed by atoms with van der Waals surface area (Å²) >= 11 is 0. The Morgan fingerprint density at radius 3 is 0.930 bits per heavy atom. The molecule has 0 bridgehead atoms. The van der Waals surface area contributed by atoms with Crippen LogP contribution in [0.1, 0.15) is 185 Å². The Kier molecular flexibility index (Phi) is 18.5. The molecule has 1 N–H and O–H groups in total. The van der Waals surface area contributed by atoms with E-state index in [9.17, 15) is 62.1 Å². The number of phosphoric acid groups is 1. The minimum atomic E-state index is -5.10. The lowest BCUT2D eigenvalue weighted by Crippen LogP contribution is -2.18. The summed E-state index contributed by atoms with van der Waals surface area (Å²) in [4.78, 5) is 14.6. The van der Waals surface area contributed by atoms with Gasteiger partial charge >= 0.3 is 32.5 Å². The lowest BCUT2D eigenvalue weighted by Gasteiger charge is -2.28. The molecule has 5 nitrogen and oxygen atoms in total. The third-order valence-corrected chi connectivity index (χ3v) is 16.2. The number of fused-ring (bicyclic) bond motifs is 7. The number of nitrogens with one attached hydrogen (secondary N) is 1. The highest BCUT2D eigenvalue weighted by Crippen LogP contribution is 2.62. The second kappa shape index (κ2) is 24.4. The van der Waals surface area contributed by atoms with Gasteiger partial charge in [0.15, 0.2) is 0 Å². The summed E-state index contributed by atoms with van der Waals surface area (Å²) in [7, 11) is -5.00. The summed E-state index contributed by atoms with van der Waals surface area (Å²) in [5.41, 5.74) is 4.91. The molecule has 0 aromatic heterocycles. The van der Waals surface area contributed by atoms with Gasteiger partial charge in [-0.2, -0.15) is 52.7 Å². The van der Waals surface area contributed by atoms with Gasteiger partial charge in [0.25, 0.3) is 0 Å². The largest absolute Gasteiger partial charge is 0.736 e. The Bertz CT molecular complexity index is 3520. The maximum Gasteiger partial charge on any atom is 0.416 e. The van der Waals surface area contributed by atoms with Crippen LogP contribution in [0.3, 0.4) is 0 Å². The van der Waals surface area contributed by atoms with Crippen LogP contribution in [0, 0.1) is 0 Å². The molecule has 0 aliphatic carbocycles. The molecular weight excluding hydrogens is 1150 g/mol. The van der Waals surface area contributed by atoms with Crippen molar-refractivity contribution in [1.82, 2.24) is 5.32 Å². The Morgan fingerprint density at radius 1 is 0.395 bits per heavy atom. The molecule has 8 aromatic carbocycles. The summed E-state index contributed by atoms with van der Waals surface area (Å²) in [5.74, 6) is 2.01. The lowest BCUT2D eigenvalue weighted by molar-refractivity contribution is -0.208. The van der Waals surface area contributed by atoms with Gasteiger partial charge in [-0.05, 0) is 161 Å². The number of benzene rings is 8. The average molecular weight is 1220 g/mol. The molecule has 86 heavy (non-hydrogen) atoms. The Balaban J connectivity index is 0.000000263. The van der Waals surface area contributed by atoms with Gasteiger partial charge in [-0.25, -0.2) is 4.57 Å². The molecule has 1 heterocycles. The third kappa shape index (κ3) is 14.0. The number of hydrogen-bond donors (Lipinski definition) is 1. The lowest BCUT2D eigenvalue weighted by atomic mass is 9.78. The minimum Gasteiger partial charge on any atom is -0.736 e. The van der Waals surface area contributed by atoms with E-state index in [2.05, 4.69) is 161 Å². The molecule has 0 saturated carbocycles. The number of rotatable bonds is 12. The first-order valence-electron chi connectivity index (χ1n) is 28.3. The molecule has 0 radical (unpaired) electrons. The third-order valence-electron chi connectivity index (χ3n) is 15.4. The van der Waals surface area contributed by atoms with Crippen molar-refractivity contribution in [2.75, 3.05) is 0 Å². The Morgan fingerprint density at radius 2 is 0.674 bits per heavy atom. The van der Waals surface area contributed by atoms with E-state index in [0.717, 1.165) is 54.9 Å². The summed E-state index contributed by atoms with van der Waals surface area (Å²) < 4.78 is 181. The normalized spacial score (nSPS) is 13.8. The summed E-state index contributed by atoms with van der Waals surface area (Å²) in [5, 5.41) is 6.10. The van der Waals surface area contributed by atoms with Gasteiger partial charge in [-0.15, -0.1) is 0 Å². The van der Waals surface area contributed by atoms with Crippen LogP contribution in [0.2, 0.25) is 0 Å². The quantitative estimate of drug-likeness (QED) is 0.0975. The Labute approximate surface area is 493 Å². The van der Waals surface area contributed by atoms with Crippen LogP contribution in [-0.4, -0.2) is 0 Å². The molecule has 0 spiro atoms. The topological polar surface area (TPSA) is 70.6 Å². The molecule has 0 unspecified atom stereocenters. The molecule has 1 aliphatic heterocycles. The molecule has 0 fully saturated rings. The maximum absolute atomic E-state index is 14.6. The summed E-state index contributed by atoms with van der Waals surface area (Å²) in [6.45, 7) is 25.3. The van der Waals surface area contributed by atoms with E-state index in [1.807, 2.05) is 12.1 Å². The van der Waals surface area contributed by atoms with Crippen molar-refractivity contribution in [3.8, 4) is 44.9 Å². The van der Waals surface area contributed by atoms with Crippen LogP contribution in [0.4, 0.5) is 52.7 Å². The van der Waals surface area contributed by atoms with Crippen LogP contribution in [0.25, 0.3) is 54.9 Å². The number of phosphoric ester groups is 1. The number of halogens is 12. The van der Waals surface area contributed by atoms with Gasteiger partial charge < -0.3 is 19.3 Å². The van der Waals surface area contributed by atoms with E-state index in [1.54, 1.807) is 0 Å². The van der Waals surface area contributed by atoms with Crippen LogP contribution in [-0.2, 0) is 42.4 Å². The second-order valence-corrected chi connectivity index (χ2v) is 25.1. The molecule has 458 valence electrons. The van der Waals surface area contributed by atoms with E-state index in [0.29, 0.717) is 47.6 Å². The first-order valence-corrected chi connectivity index (χ1v) is 29.8. The predicted octanol–water partition coefficient (Wildman–Crippen LogP) is 22.0. The average Bonchev–Trinajstić information content (AvgIpc) is 1.35. The molecule has 0 saturated heterocycles. The zero-order valence-electron chi connectivity index (χ0n) is 49.5. The van der Waals surface area contributed by atoms with Crippen molar-refractivity contribution in [2.45, 2.75) is 156 Å². The minimum absolute atomic E-state index is 0.105. The second-order valence-electron chi connectivity index (χ2n) is 23.8. The predicted molar refractivity (Wildman–Crippen MR) is 315 cm³/mol. The van der Waals surface area contributed by atoms with Gasteiger partial charge in [-0.1, -0.05) is 156 Å². The smallest absolute Gasteiger partial charge is 0.416 e. The van der Waals surface area contributed by atoms with Gasteiger partial charge in [0.05, 0.1) is 22.3 Å². The molecule has 0 atom stereocenters. The fraction of sp³-hybridized carbons (Fsp3) is 0.353. The monoisotopic (exact) mass is 1220 g/mol. The Hall–Kier alpha value is -6.81. The molecular formula is C68H67F12NO4P-. The van der Waals surface area contributed by atoms with Gasteiger partial charge in [0.2, 0.25) is 0 Å².